The predicted octanol–water partition coefficient (Wildman–Crippen LogP) is 0.0917. The van der Waals surface area contributed by atoms with Crippen LogP contribution >= 0.6 is 12.4 Å². The van der Waals surface area contributed by atoms with Crippen molar-refractivity contribution < 1.29 is 27.4 Å². The number of carbonyl (C=O) groups is 1. The van der Waals surface area contributed by atoms with Gasteiger partial charge in [0, 0.05) is 13.1 Å². The Morgan fingerprint density at radius 1 is 1.50 bits per heavy atom. The summed E-state index contributed by atoms with van der Waals surface area (Å²) in [7, 11) is 0. The summed E-state index contributed by atoms with van der Waals surface area (Å²) in [6.45, 7) is -0.00401. The van der Waals surface area contributed by atoms with E-state index in [1.54, 1.807) is 0 Å². The Bertz CT molecular complexity index is 248. The highest BCUT2D eigenvalue weighted by Crippen LogP contribution is 2.13. The molecule has 0 spiro atoms. The number of hydrogen-bond acceptors (Lipinski definition) is 4. The molecule has 0 saturated carbocycles. The van der Waals surface area contributed by atoms with Crippen LogP contribution in [0.4, 0.5) is 13.2 Å². The SMILES string of the molecule is Cl.O=C(NCCOCC(F)(F)F)C1COCCN1. The second kappa shape index (κ2) is 8.52. The average Bonchev–Trinajstić information content (AvgIpc) is 2.28. The molecule has 0 bridgehead atoms. The molecule has 108 valence electrons. The van der Waals surface area contributed by atoms with Crippen LogP contribution in [0.5, 0.6) is 0 Å². The molecule has 1 unspecified atom stereocenters. The van der Waals surface area contributed by atoms with Crippen molar-refractivity contribution >= 4 is 18.3 Å². The second-order valence-corrected chi connectivity index (χ2v) is 3.54. The van der Waals surface area contributed by atoms with Crippen LogP contribution < -0.4 is 10.6 Å². The molecular weight excluding hydrogens is 277 g/mol. The van der Waals surface area contributed by atoms with Gasteiger partial charge in [0.25, 0.3) is 0 Å². The maximum Gasteiger partial charge on any atom is 0.411 e. The van der Waals surface area contributed by atoms with Gasteiger partial charge in [-0.2, -0.15) is 13.2 Å². The molecule has 0 radical (unpaired) electrons. The third-order valence-electron chi connectivity index (χ3n) is 2.05. The molecule has 1 atom stereocenters. The lowest BCUT2D eigenvalue weighted by atomic mass is 10.2. The molecule has 5 nitrogen and oxygen atoms in total. The molecule has 18 heavy (non-hydrogen) atoms. The molecular formula is C9H16ClF3N2O3. The van der Waals surface area contributed by atoms with Crippen molar-refractivity contribution in [1.29, 1.82) is 0 Å². The highest BCUT2D eigenvalue weighted by atomic mass is 35.5. The zero-order valence-corrected chi connectivity index (χ0v) is 10.4. The lowest BCUT2D eigenvalue weighted by Crippen LogP contribution is -2.51. The molecule has 0 aromatic rings. The Kier molecular flexibility index (Phi) is 8.25. The highest BCUT2D eigenvalue weighted by Gasteiger charge is 2.27. The minimum Gasteiger partial charge on any atom is -0.378 e. The normalized spacial score (nSPS) is 20.1. The van der Waals surface area contributed by atoms with Crippen molar-refractivity contribution in [3.63, 3.8) is 0 Å². The van der Waals surface area contributed by atoms with Crippen molar-refractivity contribution in [3.05, 3.63) is 0 Å². The van der Waals surface area contributed by atoms with E-state index in [-0.39, 0.29) is 38.1 Å². The van der Waals surface area contributed by atoms with Gasteiger partial charge in [-0.1, -0.05) is 0 Å². The molecule has 0 aromatic carbocycles. The number of morpholine rings is 1. The third-order valence-corrected chi connectivity index (χ3v) is 2.05. The Balaban J connectivity index is 0.00000289. The number of amides is 1. The van der Waals surface area contributed by atoms with E-state index in [0.717, 1.165) is 0 Å². The van der Waals surface area contributed by atoms with Gasteiger partial charge in [-0.15, -0.1) is 12.4 Å². The van der Waals surface area contributed by atoms with E-state index in [9.17, 15) is 18.0 Å². The number of alkyl halides is 3. The molecule has 1 fully saturated rings. The summed E-state index contributed by atoms with van der Waals surface area (Å²) in [6, 6.07) is -0.439. The quantitative estimate of drug-likeness (QED) is 0.705. The molecule has 1 aliphatic heterocycles. The number of halogens is 4. The molecule has 1 saturated heterocycles. The van der Waals surface area contributed by atoms with Crippen molar-refractivity contribution in [3.8, 4) is 0 Å². The Morgan fingerprint density at radius 3 is 2.78 bits per heavy atom. The summed E-state index contributed by atoms with van der Waals surface area (Å²) >= 11 is 0. The van der Waals surface area contributed by atoms with Crippen LogP contribution in [-0.4, -0.2) is 57.6 Å². The van der Waals surface area contributed by atoms with E-state index >= 15 is 0 Å². The summed E-state index contributed by atoms with van der Waals surface area (Å²) in [5.41, 5.74) is 0. The second-order valence-electron chi connectivity index (χ2n) is 3.54. The summed E-state index contributed by atoms with van der Waals surface area (Å²) in [5, 5.41) is 5.39. The van der Waals surface area contributed by atoms with E-state index < -0.39 is 18.8 Å². The van der Waals surface area contributed by atoms with Gasteiger partial charge in [0.15, 0.2) is 0 Å². The van der Waals surface area contributed by atoms with Crippen molar-refractivity contribution in [2.24, 2.45) is 0 Å². The van der Waals surface area contributed by atoms with Crippen LogP contribution in [0, 0.1) is 0 Å². The fourth-order valence-electron chi connectivity index (χ4n) is 1.29. The van der Waals surface area contributed by atoms with Crippen LogP contribution in [0.15, 0.2) is 0 Å². The van der Waals surface area contributed by atoms with Gasteiger partial charge in [0.2, 0.25) is 5.91 Å². The minimum atomic E-state index is -4.33. The number of carbonyl (C=O) groups excluding carboxylic acids is 1. The molecule has 9 heteroatoms. The molecule has 1 aliphatic rings. The Labute approximate surface area is 109 Å². The Hall–Kier alpha value is -0.570. The molecule has 1 amide bonds. The van der Waals surface area contributed by atoms with Gasteiger partial charge >= 0.3 is 6.18 Å². The smallest absolute Gasteiger partial charge is 0.378 e. The summed E-state index contributed by atoms with van der Waals surface area (Å²) < 4.78 is 44.5. The first-order valence-electron chi connectivity index (χ1n) is 5.22. The van der Waals surface area contributed by atoms with Crippen LogP contribution in [0.3, 0.4) is 0 Å². The fourth-order valence-corrected chi connectivity index (χ4v) is 1.29. The minimum absolute atomic E-state index is 0. The topological polar surface area (TPSA) is 59.6 Å². The lowest BCUT2D eigenvalue weighted by Gasteiger charge is -2.22. The maximum atomic E-state index is 11.7. The van der Waals surface area contributed by atoms with Crippen LogP contribution in [0.25, 0.3) is 0 Å². The number of hydrogen-bond donors (Lipinski definition) is 2. The average molecular weight is 293 g/mol. The standard InChI is InChI=1S/C9H15F3N2O3.ClH/c10-9(11,12)6-17-4-2-14-8(15)7-5-16-3-1-13-7;/h7,13H,1-6H2,(H,14,15);1H. The number of ether oxygens (including phenoxy) is 2. The van der Waals surface area contributed by atoms with E-state index in [1.807, 2.05) is 0 Å². The van der Waals surface area contributed by atoms with Crippen LogP contribution in [-0.2, 0) is 14.3 Å². The molecule has 1 rings (SSSR count). The van der Waals surface area contributed by atoms with Crippen LogP contribution in [0.2, 0.25) is 0 Å². The highest BCUT2D eigenvalue weighted by molar-refractivity contribution is 5.85. The first kappa shape index (κ1) is 17.4. The first-order chi connectivity index (χ1) is 7.99. The zero-order chi connectivity index (χ0) is 12.7. The predicted molar refractivity (Wildman–Crippen MR) is 59.7 cm³/mol. The first-order valence-corrected chi connectivity index (χ1v) is 5.22. The monoisotopic (exact) mass is 292 g/mol. The van der Waals surface area contributed by atoms with Gasteiger partial charge < -0.3 is 20.1 Å². The number of rotatable bonds is 5. The lowest BCUT2D eigenvalue weighted by molar-refractivity contribution is -0.173. The molecule has 0 aliphatic carbocycles. The largest absolute Gasteiger partial charge is 0.411 e. The van der Waals surface area contributed by atoms with E-state index in [1.165, 1.54) is 0 Å². The van der Waals surface area contributed by atoms with Gasteiger partial charge in [-0.05, 0) is 0 Å². The van der Waals surface area contributed by atoms with E-state index in [0.29, 0.717) is 13.2 Å². The summed E-state index contributed by atoms with van der Waals surface area (Å²) in [4.78, 5) is 11.4. The summed E-state index contributed by atoms with van der Waals surface area (Å²) in [6.07, 6.45) is -4.33. The third kappa shape index (κ3) is 7.70. The fraction of sp³-hybridized carbons (Fsp3) is 0.889. The maximum absolute atomic E-state index is 11.7. The van der Waals surface area contributed by atoms with E-state index in [4.69, 9.17) is 4.74 Å². The molecule has 1 heterocycles. The number of nitrogens with one attached hydrogen (secondary N) is 2. The summed E-state index contributed by atoms with van der Waals surface area (Å²) in [5.74, 6) is -0.291. The zero-order valence-electron chi connectivity index (χ0n) is 9.59. The van der Waals surface area contributed by atoms with Crippen molar-refractivity contribution in [1.82, 2.24) is 10.6 Å². The van der Waals surface area contributed by atoms with Crippen LogP contribution in [0.1, 0.15) is 0 Å². The molecule has 2 N–H and O–H groups in total. The Morgan fingerprint density at radius 2 is 2.22 bits per heavy atom. The van der Waals surface area contributed by atoms with Gasteiger partial charge in [0.05, 0.1) is 19.8 Å². The molecule has 0 aromatic heterocycles. The van der Waals surface area contributed by atoms with Gasteiger partial charge in [0.1, 0.15) is 12.6 Å². The van der Waals surface area contributed by atoms with Gasteiger partial charge in [-0.25, -0.2) is 0 Å². The van der Waals surface area contributed by atoms with Crippen molar-refractivity contribution in [2.45, 2.75) is 12.2 Å². The van der Waals surface area contributed by atoms with Gasteiger partial charge in [-0.3, -0.25) is 4.79 Å². The van der Waals surface area contributed by atoms with E-state index in [2.05, 4.69) is 15.4 Å². The van der Waals surface area contributed by atoms with Crippen molar-refractivity contribution in [2.75, 3.05) is 39.5 Å².